The molecule has 1 aliphatic heterocycles. The molecule has 5 nitrogen and oxygen atoms in total. The van der Waals surface area contributed by atoms with Gasteiger partial charge in [-0.25, -0.2) is 0 Å². The minimum absolute atomic E-state index is 0.331. The SMILES string of the molecule is CC(Cc1ccccc1)(C(N)=O)C1CNCC(O)C1O. The molecule has 1 aliphatic rings. The van der Waals surface area contributed by atoms with Crippen LogP contribution in [0.25, 0.3) is 0 Å². The van der Waals surface area contributed by atoms with Crippen molar-refractivity contribution in [2.24, 2.45) is 17.1 Å². The molecule has 1 aromatic carbocycles. The van der Waals surface area contributed by atoms with E-state index in [2.05, 4.69) is 5.32 Å². The first-order valence-electron chi connectivity index (χ1n) is 6.86. The number of benzene rings is 1. The highest BCUT2D eigenvalue weighted by molar-refractivity contribution is 5.81. The lowest BCUT2D eigenvalue weighted by molar-refractivity contribution is -0.138. The maximum Gasteiger partial charge on any atom is 0.224 e. The van der Waals surface area contributed by atoms with Crippen molar-refractivity contribution in [3.8, 4) is 0 Å². The summed E-state index contributed by atoms with van der Waals surface area (Å²) in [5.74, 6) is -0.870. The number of primary amides is 1. The van der Waals surface area contributed by atoms with E-state index in [1.165, 1.54) is 0 Å². The Balaban J connectivity index is 2.27. The van der Waals surface area contributed by atoms with Crippen molar-refractivity contribution >= 4 is 5.91 Å². The zero-order valence-electron chi connectivity index (χ0n) is 11.6. The van der Waals surface area contributed by atoms with Gasteiger partial charge in [0.15, 0.2) is 0 Å². The summed E-state index contributed by atoms with van der Waals surface area (Å²) in [5.41, 5.74) is 5.68. The first kappa shape index (κ1) is 15.0. The molecule has 0 bridgehead atoms. The van der Waals surface area contributed by atoms with Gasteiger partial charge in [-0.2, -0.15) is 0 Å². The average Bonchev–Trinajstić information content (AvgIpc) is 2.42. The summed E-state index contributed by atoms with van der Waals surface area (Å²) < 4.78 is 0. The summed E-state index contributed by atoms with van der Waals surface area (Å²) in [7, 11) is 0. The monoisotopic (exact) mass is 278 g/mol. The van der Waals surface area contributed by atoms with E-state index >= 15 is 0 Å². The number of β-amino-alcohol motifs (C(OH)–C–C–N with tert-alkyl or cyclic N) is 1. The molecule has 0 spiro atoms. The minimum atomic E-state index is -0.947. The van der Waals surface area contributed by atoms with Gasteiger partial charge in [-0.15, -0.1) is 0 Å². The second-order valence-corrected chi connectivity index (χ2v) is 5.77. The maximum atomic E-state index is 12.0. The highest BCUT2D eigenvalue weighted by Crippen LogP contribution is 2.35. The summed E-state index contributed by atoms with van der Waals surface area (Å²) in [4.78, 5) is 12.0. The van der Waals surface area contributed by atoms with Crippen molar-refractivity contribution in [1.29, 1.82) is 0 Å². The van der Waals surface area contributed by atoms with Crippen molar-refractivity contribution < 1.29 is 15.0 Å². The number of nitrogens with one attached hydrogen (secondary N) is 1. The third-order valence-corrected chi connectivity index (χ3v) is 4.32. The molecule has 4 unspecified atom stereocenters. The van der Waals surface area contributed by atoms with Crippen LogP contribution in [0.15, 0.2) is 30.3 Å². The summed E-state index contributed by atoms with van der Waals surface area (Å²) in [6.07, 6.45) is -1.38. The lowest BCUT2D eigenvalue weighted by Crippen LogP contribution is -2.59. The largest absolute Gasteiger partial charge is 0.390 e. The number of hydrogen-bond acceptors (Lipinski definition) is 4. The van der Waals surface area contributed by atoms with Crippen LogP contribution >= 0.6 is 0 Å². The van der Waals surface area contributed by atoms with Crippen LogP contribution in [-0.2, 0) is 11.2 Å². The Morgan fingerprint density at radius 3 is 2.60 bits per heavy atom. The molecular formula is C15H22N2O3. The second kappa shape index (κ2) is 5.91. The molecule has 1 heterocycles. The van der Waals surface area contributed by atoms with Gasteiger partial charge in [-0.1, -0.05) is 37.3 Å². The van der Waals surface area contributed by atoms with Gasteiger partial charge in [0.05, 0.1) is 17.6 Å². The van der Waals surface area contributed by atoms with Crippen LogP contribution in [0.1, 0.15) is 12.5 Å². The predicted molar refractivity (Wildman–Crippen MR) is 75.8 cm³/mol. The number of rotatable bonds is 4. The molecule has 0 aromatic heterocycles. The summed E-state index contributed by atoms with van der Waals surface area (Å²) in [5, 5.41) is 23.0. The molecule has 1 fully saturated rings. The van der Waals surface area contributed by atoms with Crippen LogP contribution in [0.3, 0.4) is 0 Å². The van der Waals surface area contributed by atoms with Gasteiger partial charge in [0.2, 0.25) is 5.91 Å². The maximum absolute atomic E-state index is 12.0. The lowest BCUT2D eigenvalue weighted by atomic mass is 9.67. The normalized spacial score (nSPS) is 29.6. The molecule has 0 aliphatic carbocycles. The predicted octanol–water partition coefficient (Wildman–Crippen LogP) is -0.338. The molecular weight excluding hydrogens is 256 g/mol. The van der Waals surface area contributed by atoms with E-state index in [1.807, 2.05) is 30.3 Å². The molecule has 20 heavy (non-hydrogen) atoms. The van der Waals surface area contributed by atoms with Gasteiger partial charge in [0.1, 0.15) is 0 Å². The molecule has 2 rings (SSSR count). The lowest BCUT2D eigenvalue weighted by Gasteiger charge is -2.42. The number of hydrogen-bond donors (Lipinski definition) is 4. The summed E-state index contributed by atoms with van der Waals surface area (Å²) >= 11 is 0. The Morgan fingerprint density at radius 2 is 2.00 bits per heavy atom. The molecule has 110 valence electrons. The molecule has 5 heteroatoms. The third kappa shape index (κ3) is 2.85. The second-order valence-electron chi connectivity index (χ2n) is 5.77. The van der Waals surface area contributed by atoms with Crippen molar-refractivity contribution in [1.82, 2.24) is 5.32 Å². The van der Waals surface area contributed by atoms with Crippen molar-refractivity contribution in [3.05, 3.63) is 35.9 Å². The molecule has 1 saturated heterocycles. The molecule has 4 atom stereocenters. The zero-order valence-corrected chi connectivity index (χ0v) is 11.6. The van der Waals surface area contributed by atoms with E-state index in [0.29, 0.717) is 19.5 Å². The van der Waals surface area contributed by atoms with E-state index in [-0.39, 0.29) is 0 Å². The number of amides is 1. The highest BCUT2D eigenvalue weighted by Gasteiger charge is 2.46. The fraction of sp³-hybridized carbons (Fsp3) is 0.533. The first-order valence-corrected chi connectivity index (χ1v) is 6.86. The van der Waals surface area contributed by atoms with Gasteiger partial charge in [0, 0.05) is 19.0 Å². The Bertz CT molecular complexity index is 465. The number of piperidine rings is 1. The Labute approximate surface area is 118 Å². The standard InChI is InChI=1S/C15H22N2O3/c1-15(14(16)20,7-10-5-3-2-4-6-10)11-8-17-9-12(18)13(11)19/h2-6,11-13,17-19H,7-9H2,1H3,(H2,16,20). The van der Waals surface area contributed by atoms with Crippen LogP contribution in [0.4, 0.5) is 0 Å². The molecule has 1 aromatic rings. The molecule has 1 amide bonds. The van der Waals surface area contributed by atoms with E-state index in [9.17, 15) is 15.0 Å². The first-order chi connectivity index (χ1) is 9.45. The quantitative estimate of drug-likeness (QED) is 0.606. The Kier molecular flexibility index (Phi) is 4.42. The van der Waals surface area contributed by atoms with Crippen LogP contribution in [-0.4, -0.2) is 41.4 Å². The minimum Gasteiger partial charge on any atom is -0.390 e. The third-order valence-electron chi connectivity index (χ3n) is 4.32. The van der Waals surface area contributed by atoms with Crippen molar-refractivity contribution in [3.63, 3.8) is 0 Å². The topological polar surface area (TPSA) is 95.6 Å². The number of aliphatic hydroxyl groups is 2. The Hall–Kier alpha value is -1.43. The fourth-order valence-corrected chi connectivity index (χ4v) is 2.92. The van der Waals surface area contributed by atoms with Crippen molar-refractivity contribution in [2.45, 2.75) is 25.6 Å². The number of aliphatic hydroxyl groups excluding tert-OH is 2. The van der Waals surface area contributed by atoms with E-state index in [0.717, 1.165) is 5.56 Å². The molecule has 5 N–H and O–H groups in total. The van der Waals surface area contributed by atoms with Crippen LogP contribution in [0.5, 0.6) is 0 Å². The number of carbonyl (C=O) groups excluding carboxylic acids is 1. The van der Waals surface area contributed by atoms with Crippen LogP contribution in [0, 0.1) is 11.3 Å². The van der Waals surface area contributed by atoms with E-state index in [1.54, 1.807) is 6.92 Å². The summed E-state index contributed by atoms with van der Waals surface area (Å²) in [6, 6.07) is 9.58. The van der Waals surface area contributed by atoms with Gasteiger partial charge in [-0.05, 0) is 12.0 Å². The molecule has 0 saturated carbocycles. The van der Waals surface area contributed by atoms with Gasteiger partial charge < -0.3 is 21.3 Å². The van der Waals surface area contributed by atoms with Crippen molar-refractivity contribution in [2.75, 3.05) is 13.1 Å². The smallest absolute Gasteiger partial charge is 0.224 e. The summed E-state index contributed by atoms with van der Waals surface area (Å²) in [6.45, 7) is 2.55. The average molecular weight is 278 g/mol. The van der Waals surface area contributed by atoms with Gasteiger partial charge in [-0.3, -0.25) is 4.79 Å². The highest BCUT2D eigenvalue weighted by atomic mass is 16.3. The van der Waals surface area contributed by atoms with Crippen LogP contribution < -0.4 is 11.1 Å². The fourth-order valence-electron chi connectivity index (χ4n) is 2.92. The van der Waals surface area contributed by atoms with Crippen LogP contribution in [0.2, 0.25) is 0 Å². The van der Waals surface area contributed by atoms with E-state index < -0.39 is 29.4 Å². The zero-order chi connectivity index (χ0) is 14.8. The van der Waals surface area contributed by atoms with Gasteiger partial charge >= 0.3 is 0 Å². The Morgan fingerprint density at radius 1 is 1.35 bits per heavy atom. The number of nitrogens with two attached hydrogens (primary N) is 1. The number of carbonyl (C=O) groups is 1. The van der Waals surface area contributed by atoms with Gasteiger partial charge in [0.25, 0.3) is 0 Å². The van der Waals surface area contributed by atoms with E-state index in [4.69, 9.17) is 5.73 Å². The molecule has 0 radical (unpaired) electrons.